The Bertz CT molecular complexity index is 1300. The van der Waals surface area contributed by atoms with Gasteiger partial charge in [0.05, 0.1) is 11.4 Å². The molecule has 1 saturated heterocycles. The number of rotatable bonds is 6. The zero-order valence-electron chi connectivity index (χ0n) is 19.7. The van der Waals surface area contributed by atoms with Gasteiger partial charge >= 0.3 is 0 Å². The average Bonchev–Trinajstić information content (AvgIpc) is 3.46. The number of aromatic nitrogens is 1. The van der Waals surface area contributed by atoms with Gasteiger partial charge in [0.2, 0.25) is 0 Å². The van der Waals surface area contributed by atoms with Gasteiger partial charge in [0.15, 0.2) is 5.78 Å². The number of benzene rings is 3. The Morgan fingerprint density at radius 1 is 0.882 bits per heavy atom. The predicted octanol–water partition coefficient (Wildman–Crippen LogP) is 7.30. The van der Waals surface area contributed by atoms with Gasteiger partial charge in [0.25, 0.3) is 0 Å². The molecule has 0 unspecified atom stereocenters. The highest BCUT2D eigenvalue weighted by Crippen LogP contribution is 2.34. The number of halogens is 1. The van der Waals surface area contributed by atoms with Gasteiger partial charge in [-0.2, -0.15) is 0 Å². The van der Waals surface area contributed by atoms with Crippen LogP contribution in [0.5, 0.6) is 0 Å². The van der Waals surface area contributed by atoms with Crippen LogP contribution >= 0.6 is 11.6 Å². The maximum Gasteiger partial charge on any atom is 0.163 e. The summed E-state index contributed by atoms with van der Waals surface area (Å²) in [6, 6.07) is 28.8. The van der Waals surface area contributed by atoms with E-state index in [1.807, 2.05) is 24.3 Å². The molecular formula is C30H29ClN2O. The highest BCUT2D eigenvalue weighted by molar-refractivity contribution is 6.30. The molecule has 34 heavy (non-hydrogen) atoms. The summed E-state index contributed by atoms with van der Waals surface area (Å²) in [5.41, 5.74) is 7.52. The fourth-order valence-electron chi connectivity index (χ4n) is 4.98. The molecule has 0 N–H and O–H groups in total. The number of nitrogens with zero attached hydrogens (tertiary/aromatic N) is 2. The summed E-state index contributed by atoms with van der Waals surface area (Å²) >= 11 is 6.15. The first kappa shape index (κ1) is 22.6. The van der Waals surface area contributed by atoms with Crippen LogP contribution in [-0.2, 0) is 0 Å². The summed E-state index contributed by atoms with van der Waals surface area (Å²) in [5.74, 6) is 0.709. The van der Waals surface area contributed by atoms with Crippen molar-refractivity contribution in [1.82, 2.24) is 9.47 Å². The van der Waals surface area contributed by atoms with Crippen molar-refractivity contribution in [3.05, 3.63) is 101 Å². The maximum absolute atomic E-state index is 12.9. The van der Waals surface area contributed by atoms with Crippen LogP contribution < -0.4 is 0 Å². The van der Waals surface area contributed by atoms with Gasteiger partial charge < -0.3 is 9.47 Å². The number of aryl methyl sites for hydroxylation is 1. The molecule has 0 aliphatic carbocycles. The smallest absolute Gasteiger partial charge is 0.163 e. The normalized spacial score (nSPS) is 16.1. The van der Waals surface area contributed by atoms with Crippen LogP contribution in [0.2, 0.25) is 5.02 Å². The fourth-order valence-corrected chi connectivity index (χ4v) is 5.11. The van der Waals surface area contributed by atoms with Crippen LogP contribution in [0.25, 0.3) is 28.2 Å². The number of carbonyl (C=O) groups is 1. The highest BCUT2D eigenvalue weighted by atomic mass is 35.5. The average molecular weight is 469 g/mol. The van der Waals surface area contributed by atoms with E-state index in [1.54, 1.807) is 0 Å². The first-order valence-corrected chi connectivity index (χ1v) is 12.2. The Labute approximate surface area is 206 Å². The number of para-hydroxylation sites is 1. The molecule has 3 nitrogen and oxygen atoms in total. The molecule has 1 atom stereocenters. The van der Waals surface area contributed by atoms with Crippen LogP contribution in [0.3, 0.4) is 0 Å². The largest absolute Gasteiger partial charge is 0.309 e. The second-order valence-corrected chi connectivity index (χ2v) is 9.79. The lowest BCUT2D eigenvalue weighted by Crippen LogP contribution is -2.16. The number of hydrogen-bond donors (Lipinski definition) is 0. The molecule has 0 amide bonds. The summed E-state index contributed by atoms with van der Waals surface area (Å²) in [6.45, 7) is 4.23. The first-order chi connectivity index (χ1) is 16.5. The highest BCUT2D eigenvalue weighted by Gasteiger charge is 2.23. The van der Waals surface area contributed by atoms with Gasteiger partial charge in [-0.3, -0.25) is 4.79 Å². The molecule has 172 valence electrons. The minimum atomic E-state index is 0.239. The van der Waals surface area contributed by atoms with Crippen molar-refractivity contribution >= 4 is 17.4 Å². The Kier molecular flexibility index (Phi) is 6.40. The number of hydrogen-bond acceptors (Lipinski definition) is 2. The lowest BCUT2D eigenvalue weighted by molar-refractivity contribution is 0.0962. The molecule has 1 aromatic heterocycles. The van der Waals surface area contributed by atoms with Gasteiger partial charge in [-0.25, -0.2) is 0 Å². The molecule has 5 rings (SSSR count). The van der Waals surface area contributed by atoms with E-state index in [0.29, 0.717) is 12.3 Å². The third-order valence-electron chi connectivity index (χ3n) is 6.84. The van der Waals surface area contributed by atoms with Crippen molar-refractivity contribution in [2.45, 2.75) is 19.8 Å². The fraction of sp³-hybridized carbons (Fsp3) is 0.233. The van der Waals surface area contributed by atoms with E-state index < -0.39 is 0 Å². The molecular weight excluding hydrogens is 440 g/mol. The van der Waals surface area contributed by atoms with E-state index in [9.17, 15) is 4.79 Å². The van der Waals surface area contributed by atoms with Crippen molar-refractivity contribution in [3.8, 4) is 28.2 Å². The van der Waals surface area contributed by atoms with Gasteiger partial charge in [0, 0.05) is 29.2 Å². The quantitative estimate of drug-likeness (QED) is 0.277. The number of ketones is 1. The Balaban J connectivity index is 1.50. The first-order valence-electron chi connectivity index (χ1n) is 11.9. The van der Waals surface area contributed by atoms with Crippen molar-refractivity contribution in [2.24, 2.45) is 5.92 Å². The monoisotopic (exact) mass is 468 g/mol. The van der Waals surface area contributed by atoms with E-state index >= 15 is 0 Å². The van der Waals surface area contributed by atoms with Crippen LogP contribution in [0, 0.1) is 12.8 Å². The van der Waals surface area contributed by atoms with Gasteiger partial charge in [-0.1, -0.05) is 66.2 Å². The van der Waals surface area contributed by atoms with E-state index in [4.69, 9.17) is 11.6 Å². The summed E-state index contributed by atoms with van der Waals surface area (Å²) in [5, 5.41) is 0.725. The lowest BCUT2D eigenvalue weighted by Gasteiger charge is -2.17. The Hall–Kier alpha value is -3.14. The van der Waals surface area contributed by atoms with Crippen molar-refractivity contribution in [1.29, 1.82) is 0 Å². The maximum atomic E-state index is 12.9. The number of likely N-dealkylation sites (tertiary alicyclic amines) is 1. The Morgan fingerprint density at radius 3 is 2.09 bits per heavy atom. The van der Waals surface area contributed by atoms with Crippen molar-refractivity contribution < 1.29 is 4.79 Å². The standard InChI is InChI=1S/C30H29ClN2O/c1-21-5-3-4-6-27(21)33-28(15-16-29(33)24-11-13-26(31)14-12-24)23-7-9-25(10-8-23)30(34)19-22-17-18-32(2)20-22/h3-16,22H,17-20H2,1-2H3/t22-/m1/s1. The third kappa shape index (κ3) is 4.59. The summed E-state index contributed by atoms with van der Waals surface area (Å²) in [6.07, 6.45) is 1.74. The molecule has 0 radical (unpaired) electrons. The molecule has 4 aromatic rings. The van der Waals surface area contributed by atoms with Crippen LogP contribution in [-0.4, -0.2) is 35.4 Å². The molecule has 3 aromatic carbocycles. The molecule has 0 saturated carbocycles. The summed E-state index contributed by atoms with van der Waals surface area (Å²) in [4.78, 5) is 15.2. The lowest BCUT2D eigenvalue weighted by atomic mass is 9.96. The van der Waals surface area contributed by atoms with E-state index in [2.05, 4.69) is 84.1 Å². The zero-order valence-corrected chi connectivity index (χ0v) is 20.4. The minimum Gasteiger partial charge on any atom is -0.309 e. The van der Waals surface area contributed by atoms with Gasteiger partial charge in [0.1, 0.15) is 0 Å². The Morgan fingerprint density at radius 2 is 1.50 bits per heavy atom. The minimum absolute atomic E-state index is 0.239. The van der Waals surface area contributed by atoms with Crippen LogP contribution in [0.1, 0.15) is 28.8 Å². The molecule has 1 aliphatic rings. The van der Waals surface area contributed by atoms with Gasteiger partial charge in [-0.05, 0) is 79.9 Å². The third-order valence-corrected chi connectivity index (χ3v) is 7.09. The van der Waals surface area contributed by atoms with E-state index in [0.717, 1.165) is 58.3 Å². The van der Waals surface area contributed by atoms with E-state index in [-0.39, 0.29) is 5.78 Å². The molecule has 2 heterocycles. The second-order valence-electron chi connectivity index (χ2n) is 9.35. The molecule has 1 fully saturated rings. The molecule has 0 spiro atoms. The number of carbonyl (C=O) groups excluding carboxylic acids is 1. The predicted molar refractivity (Wildman–Crippen MR) is 141 cm³/mol. The van der Waals surface area contributed by atoms with Crippen molar-refractivity contribution in [3.63, 3.8) is 0 Å². The number of Topliss-reactive ketones (excluding diaryl/α,β-unsaturated/α-hetero) is 1. The van der Waals surface area contributed by atoms with Crippen LogP contribution in [0.4, 0.5) is 0 Å². The van der Waals surface area contributed by atoms with Crippen LogP contribution in [0.15, 0.2) is 84.9 Å². The van der Waals surface area contributed by atoms with Crippen molar-refractivity contribution in [2.75, 3.05) is 20.1 Å². The SMILES string of the molecule is Cc1ccccc1-n1c(-c2ccc(Cl)cc2)ccc1-c1ccc(C(=O)C[C@H]2CCN(C)C2)cc1. The molecule has 0 bridgehead atoms. The van der Waals surface area contributed by atoms with Gasteiger partial charge in [-0.15, -0.1) is 0 Å². The molecule has 1 aliphatic heterocycles. The summed E-state index contributed by atoms with van der Waals surface area (Å²) < 4.78 is 2.30. The summed E-state index contributed by atoms with van der Waals surface area (Å²) in [7, 11) is 2.13. The second kappa shape index (κ2) is 9.61. The van der Waals surface area contributed by atoms with E-state index in [1.165, 1.54) is 5.56 Å². The topological polar surface area (TPSA) is 25.2 Å². The zero-order chi connectivity index (χ0) is 23.7. The molecule has 4 heteroatoms.